The summed E-state index contributed by atoms with van der Waals surface area (Å²) in [6.07, 6.45) is 3.28. The van der Waals surface area contributed by atoms with Gasteiger partial charge in [-0.05, 0) is 40.9 Å². The summed E-state index contributed by atoms with van der Waals surface area (Å²) in [5.74, 6) is 0.419. The molecule has 15 heavy (non-hydrogen) atoms. The second kappa shape index (κ2) is 3.27. The van der Waals surface area contributed by atoms with Gasteiger partial charge in [-0.25, -0.2) is 0 Å². The number of amides is 1. The maximum absolute atomic E-state index is 11.6. The Morgan fingerprint density at radius 1 is 1.47 bits per heavy atom. The molecule has 78 valence electrons. The highest BCUT2D eigenvalue weighted by Gasteiger charge is 2.41. The number of carbonyl (C=O) groups is 1. The maximum atomic E-state index is 11.6. The fourth-order valence-corrected chi connectivity index (χ4v) is 3.75. The Kier molecular flexibility index (Phi) is 2.02. The van der Waals surface area contributed by atoms with Crippen molar-refractivity contribution < 1.29 is 4.79 Å². The molecule has 0 bridgehead atoms. The predicted octanol–water partition coefficient (Wildman–Crippen LogP) is 2.73. The highest BCUT2D eigenvalue weighted by molar-refractivity contribution is 8.17. The van der Waals surface area contributed by atoms with Gasteiger partial charge in [0, 0.05) is 0 Å². The Balaban J connectivity index is 1.99. The van der Waals surface area contributed by atoms with Gasteiger partial charge in [-0.3, -0.25) is 4.79 Å². The molecule has 3 aliphatic rings. The number of rotatable bonds is 0. The van der Waals surface area contributed by atoms with Crippen molar-refractivity contribution >= 4 is 22.7 Å². The normalized spacial score (nSPS) is 33.9. The van der Waals surface area contributed by atoms with Crippen LogP contribution in [0, 0.1) is 11.8 Å². The first-order valence-corrected chi connectivity index (χ1v) is 5.99. The molecule has 0 aromatic rings. The number of hydrogen-bond acceptors (Lipinski definition) is 4. The van der Waals surface area contributed by atoms with Crippen LogP contribution < -0.4 is 0 Å². The van der Waals surface area contributed by atoms with Crippen LogP contribution in [0.5, 0.6) is 0 Å². The third-order valence-electron chi connectivity index (χ3n) is 3.16. The number of carbonyl (C=O) groups excluding carboxylic acids is 1. The van der Waals surface area contributed by atoms with Gasteiger partial charge in [0.25, 0.3) is 5.91 Å². The summed E-state index contributed by atoms with van der Waals surface area (Å²) in [5.41, 5.74) is 1.26. The van der Waals surface area contributed by atoms with E-state index in [0.29, 0.717) is 0 Å². The molecule has 1 aliphatic carbocycles. The largest absolute Gasteiger partial charge is 0.280 e. The van der Waals surface area contributed by atoms with Crippen LogP contribution in [0.2, 0.25) is 0 Å². The van der Waals surface area contributed by atoms with E-state index in [1.54, 1.807) is 11.8 Å². The third-order valence-corrected chi connectivity index (χ3v) is 4.36. The maximum Gasteiger partial charge on any atom is 0.280 e. The van der Waals surface area contributed by atoms with Gasteiger partial charge in [0.05, 0.1) is 0 Å². The van der Waals surface area contributed by atoms with Crippen molar-refractivity contribution in [3.8, 4) is 0 Å². The number of fused-ring (bicyclic) bond motifs is 2. The standard InChI is InChI=1S/C10H11N3OS/c1-5-2-3-6-7(4-5)15-10-8(6)9(14)11-13-12-10/h5,8H,2-4H2,1H3. The van der Waals surface area contributed by atoms with Crippen LogP contribution in [0.4, 0.5) is 0 Å². The zero-order valence-electron chi connectivity index (χ0n) is 8.43. The van der Waals surface area contributed by atoms with E-state index in [2.05, 4.69) is 22.4 Å². The lowest BCUT2D eigenvalue weighted by Crippen LogP contribution is -2.22. The summed E-state index contributed by atoms with van der Waals surface area (Å²) in [6, 6.07) is 0. The summed E-state index contributed by atoms with van der Waals surface area (Å²) in [7, 11) is 0. The molecule has 0 aromatic carbocycles. The molecule has 0 saturated heterocycles. The van der Waals surface area contributed by atoms with Crippen molar-refractivity contribution in [2.75, 3.05) is 0 Å². The number of thioether (sulfide) groups is 1. The van der Waals surface area contributed by atoms with Crippen LogP contribution in [-0.4, -0.2) is 11.0 Å². The fraction of sp³-hybridized carbons (Fsp3) is 0.600. The van der Waals surface area contributed by atoms with E-state index in [0.717, 1.165) is 23.8 Å². The molecule has 4 nitrogen and oxygen atoms in total. The molecule has 2 atom stereocenters. The quantitative estimate of drug-likeness (QED) is 0.631. The first kappa shape index (κ1) is 9.27. The van der Waals surface area contributed by atoms with Gasteiger partial charge in [0.2, 0.25) is 0 Å². The Labute approximate surface area is 91.9 Å². The molecule has 2 aliphatic heterocycles. The molecule has 0 spiro atoms. The minimum Gasteiger partial charge on any atom is -0.270 e. The van der Waals surface area contributed by atoms with Gasteiger partial charge in [-0.2, -0.15) is 0 Å². The molecule has 3 rings (SSSR count). The topological polar surface area (TPSA) is 54.1 Å². The average Bonchev–Trinajstić information content (AvgIpc) is 2.56. The Morgan fingerprint density at radius 3 is 3.20 bits per heavy atom. The lowest BCUT2D eigenvalue weighted by atomic mass is 9.85. The zero-order chi connectivity index (χ0) is 10.4. The molecule has 0 aromatic heterocycles. The molecule has 1 amide bonds. The first-order chi connectivity index (χ1) is 7.25. The summed E-state index contributed by atoms with van der Waals surface area (Å²) >= 11 is 1.64. The van der Waals surface area contributed by atoms with E-state index >= 15 is 0 Å². The van der Waals surface area contributed by atoms with Gasteiger partial charge in [0.15, 0.2) is 0 Å². The third kappa shape index (κ3) is 1.37. The molecule has 0 radical (unpaired) electrons. The minimum atomic E-state index is -0.171. The monoisotopic (exact) mass is 221 g/mol. The predicted molar refractivity (Wildman–Crippen MR) is 58.4 cm³/mol. The highest BCUT2D eigenvalue weighted by Crippen LogP contribution is 2.48. The summed E-state index contributed by atoms with van der Waals surface area (Å²) in [5, 5.41) is 11.8. The molecule has 2 unspecified atom stereocenters. The zero-order valence-corrected chi connectivity index (χ0v) is 9.25. The second-order valence-corrected chi connectivity index (χ2v) is 5.41. The van der Waals surface area contributed by atoms with Crippen LogP contribution in [0.15, 0.2) is 25.9 Å². The van der Waals surface area contributed by atoms with Crippen LogP contribution in [0.3, 0.4) is 0 Å². The molecule has 2 heterocycles. The lowest BCUT2D eigenvalue weighted by molar-refractivity contribution is -0.119. The van der Waals surface area contributed by atoms with Gasteiger partial charge < -0.3 is 0 Å². The van der Waals surface area contributed by atoms with E-state index in [4.69, 9.17) is 0 Å². The fourth-order valence-electron chi connectivity index (χ4n) is 2.34. The van der Waals surface area contributed by atoms with Crippen molar-refractivity contribution in [3.05, 3.63) is 10.5 Å². The van der Waals surface area contributed by atoms with E-state index in [1.165, 1.54) is 16.9 Å². The first-order valence-electron chi connectivity index (χ1n) is 5.18. The van der Waals surface area contributed by atoms with Crippen LogP contribution >= 0.6 is 11.8 Å². The molecular weight excluding hydrogens is 210 g/mol. The molecule has 0 N–H and O–H groups in total. The van der Waals surface area contributed by atoms with E-state index < -0.39 is 0 Å². The number of allylic oxidation sites excluding steroid dienone is 1. The highest BCUT2D eigenvalue weighted by atomic mass is 32.2. The number of hydrogen-bond donors (Lipinski definition) is 0. The average molecular weight is 221 g/mol. The smallest absolute Gasteiger partial charge is 0.270 e. The number of nitrogens with zero attached hydrogens (tertiary/aromatic N) is 3. The van der Waals surface area contributed by atoms with Crippen molar-refractivity contribution in [2.45, 2.75) is 26.2 Å². The van der Waals surface area contributed by atoms with E-state index in [-0.39, 0.29) is 11.8 Å². The van der Waals surface area contributed by atoms with Gasteiger partial charge in [-0.1, -0.05) is 23.8 Å². The Morgan fingerprint density at radius 2 is 2.33 bits per heavy atom. The minimum absolute atomic E-state index is 0.132. The van der Waals surface area contributed by atoms with Gasteiger partial charge in [0.1, 0.15) is 11.0 Å². The van der Waals surface area contributed by atoms with Crippen molar-refractivity contribution in [1.29, 1.82) is 0 Å². The lowest BCUT2D eigenvalue weighted by Gasteiger charge is -2.20. The van der Waals surface area contributed by atoms with Crippen molar-refractivity contribution in [3.63, 3.8) is 0 Å². The molecule has 0 saturated carbocycles. The van der Waals surface area contributed by atoms with Crippen LogP contribution in [-0.2, 0) is 4.79 Å². The SMILES string of the molecule is CC1CCC2=C(C1)SC1=NN=NC(=O)C12. The summed E-state index contributed by atoms with van der Waals surface area (Å²) in [6.45, 7) is 2.25. The van der Waals surface area contributed by atoms with Crippen molar-refractivity contribution in [2.24, 2.45) is 27.3 Å². The van der Waals surface area contributed by atoms with Gasteiger partial charge in [-0.15, -0.1) is 5.10 Å². The van der Waals surface area contributed by atoms with Crippen LogP contribution in [0.1, 0.15) is 26.2 Å². The van der Waals surface area contributed by atoms with Crippen LogP contribution in [0.25, 0.3) is 0 Å². The Hall–Kier alpha value is -0.970. The van der Waals surface area contributed by atoms with Crippen molar-refractivity contribution in [1.82, 2.24) is 0 Å². The van der Waals surface area contributed by atoms with Gasteiger partial charge >= 0.3 is 0 Å². The second-order valence-electron chi connectivity index (χ2n) is 4.30. The molecular formula is C10H11N3OS. The summed E-state index contributed by atoms with van der Waals surface area (Å²) < 4.78 is 0. The summed E-state index contributed by atoms with van der Waals surface area (Å²) in [4.78, 5) is 13.0. The molecule has 5 heteroatoms. The molecule has 0 fully saturated rings. The van der Waals surface area contributed by atoms with E-state index in [1.807, 2.05) is 0 Å². The Bertz CT molecular complexity index is 424. The van der Waals surface area contributed by atoms with E-state index in [9.17, 15) is 4.79 Å².